The monoisotopic (exact) mass is 212 g/mol. The predicted octanol–water partition coefficient (Wildman–Crippen LogP) is 3.86. The molecule has 0 aromatic heterocycles. The summed E-state index contributed by atoms with van der Waals surface area (Å²) in [4.78, 5) is 10.4. The van der Waals surface area contributed by atoms with Crippen LogP contribution in [0.25, 0.3) is 0 Å². The van der Waals surface area contributed by atoms with Crippen LogP contribution >= 0.6 is 0 Å². The fourth-order valence-corrected chi connectivity index (χ4v) is 1.39. The van der Waals surface area contributed by atoms with Crippen LogP contribution < -0.4 is 0 Å². The summed E-state index contributed by atoms with van der Waals surface area (Å²) in [5.74, 6) is -0.167. The van der Waals surface area contributed by atoms with E-state index in [0.29, 0.717) is 6.61 Å². The van der Waals surface area contributed by atoms with E-state index in [-0.39, 0.29) is 5.97 Å². The number of hydrogen-bond donors (Lipinski definition) is 0. The Morgan fingerprint density at radius 1 is 1.07 bits per heavy atom. The molecule has 0 fully saturated rings. The summed E-state index contributed by atoms with van der Waals surface area (Å²) in [6, 6.07) is 0. The van der Waals surface area contributed by atoms with Crippen LogP contribution in [0.3, 0.4) is 0 Å². The summed E-state index contributed by atoms with van der Waals surface area (Å²) in [5.41, 5.74) is 0. The van der Waals surface area contributed by atoms with Gasteiger partial charge in [0.2, 0.25) is 0 Å². The predicted molar refractivity (Wildman–Crippen MR) is 63.8 cm³/mol. The van der Waals surface area contributed by atoms with Crippen LogP contribution in [-0.2, 0) is 9.53 Å². The first-order valence-electron chi connectivity index (χ1n) is 6.05. The Kier molecular flexibility index (Phi) is 10.7. The van der Waals surface area contributed by atoms with Crippen molar-refractivity contribution in [3.8, 4) is 0 Å². The summed E-state index contributed by atoms with van der Waals surface area (Å²) in [6.07, 6.45) is 12.8. The summed E-state index contributed by atoms with van der Waals surface area (Å²) in [7, 11) is 0. The van der Waals surface area contributed by atoms with E-state index in [1.54, 1.807) is 0 Å². The van der Waals surface area contributed by atoms with E-state index in [4.69, 9.17) is 4.74 Å². The third-order valence-corrected chi connectivity index (χ3v) is 2.22. The average molecular weight is 212 g/mol. The molecule has 0 N–H and O–H groups in total. The number of hydrogen-bond acceptors (Lipinski definition) is 2. The molecule has 2 nitrogen and oxygen atoms in total. The average Bonchev–Trinajstić information content (AvgIpc) is 2.20. The molecule has 0 spiro atoms. The van der Waals surface area contributed by atoms with Gasteiger partial charge in [-0.05, 0) is 25.7 Å². The van der Waals surface area contributed by atoms with Gasteiger partial charge in [0.25, 0.3) is 0 Å². The van der Waals surface area contributed by atoms with E-state index in [9.17, 15) is 4.79 Å². The molecule has 88 valence electrons. The van der Waals surface area contributed by atoms with Gasteiger partial charge in [-0.15, -0.1) is 0 Å². The van der Waals surface area contributed by atoms with Crippen molar-refractivity contribution in [1.82, 2.24) is 0 Å². The Balaban J connectivity index is 2.99. The lowest BCUT2D eigenvalue weighted by Gasteiger charge is -2.01. The van der Waals surface area contributed by atoms with Crippen molar-refractivity contribution in [2.24, 2.45) is 0 Å². The molecule has 15 heavy (non-hydrogen) atoms. The Morgan fingerprint density at radius 2 is 1.73 bits per heavy atom. The molecule has 0 unspecified atom stereocenters. The first-order chi connectivity index (χ1) is 7.27. The van der Waals surface area contributed by atoms with E-state index >= 15 is 0 Å². The van der Waals surface area contributed by atoms with Crippen molar-refractivity contribution in [2.45, 2.75) is 58.8 Å². The van der Waals surface area contributed by atoms with E-state index in [2.05, 4.69) is 19.1 Å². The van der Waals surface area contributed by atoms with Crippen LogP contribution in [0.2, 0.25) is 0 Å². The van der Waals surface area contributed by atoms with Gasteiger partial charge in [-0.2, -0.15) is 0 Å². The molecule has 0 atom stereocenters. The zero-order chi connectivity index (χ0) is 11.4. The van der Waals surface area contributed by atoms with Crippen molar-refractivity contribution < 1.29 is 9.53 Å². The molecule has 0 radical (unpaired) electrons. The Morgan fingerprint density at radius 3 is 2.40 bits per heavy atom. The van der Waals surface area contributed by atoms with Gasteiger partial charge in [0, 0.05) is 6.92 Å². The number of carbonyl (C=O) groups excluding carboxylic acids is 1. The molecular formula is C13H24O2. The summed E-state index contributed by atoms with van der Waals surface area (Å²) >= 11 is 0. The van der Waals surface area contributed by atoms with Gasteiger partial charge >= 0.3 is 5.97 Å². The molecule has 0 saturated heterocycles. The first-order valence-corrected chi connectivity index (χ1v) is 6.05. The summed E-state index contributed by atoms with van der Waals surface area (Å²) < 4.78 is 4.85. The molecule has 0 amide bonds. The second-order valence-corrected chi connectivity index (χ2v) is 3.78. The van der Waals surface area contributed by atoms with Gasteiger partial charge < -0.3 is 4.74 Å². The largest absolute Gasteiger partial charge is 0.466 e. The molecule has 0 aliphatic carbocycles. The van der Waals surface area contributed by atoms with Crippen LogP contribution in [0.4, 0.5) is 0 Å². The zero-order valence-corrected chi connectivity index (χ0v) is 10.1. The number of rotatable bonds is 9. The lowest BCUT2D eigenvalue weighted by Crippen LogP contribution is -1.99. The highest BCUT2D eigenvalue weighted by Crippen LogP contribution is 2.06. The Hall–Kier alpha value is -0.790. The quantitative estimate of drug-likeness (QED) is 0.329. The van der Waals surface area contributed by atoms with Crippen LogP contribution in [0, 0.1) is 0 Å². The van der Waals surface area contributed by atoms with E-state index < -0.39 is 0 Å². The SMILES string of the molecule is CC/C=C\CCCCCCCOC(C)=O. The maximum Gasteiger partial charge on any atom is 0.302 e. The molecular weight excluding hydrogens is 188 g/mol. The molecule has 0 saturated carbocycles. The Bertz CT molecular complexity index is 173. The van der Waals surface area contributed by atoms with E-state index in [0.717, 1.165) is 12.8 Å². The second-order valence-electron chi connectivity index (χ2n) is 3.78. The maximum atomic E-state index is 10.4. The summed E-state index contributed by atoms with van der Waals surface area (Å²) in [6.45, 7) is 4.21. The van der Waals surface area contributed by atoms with Crippen molar-refractivity contribution in [3.63, 3.8) is 0 Å². The lowest BCUT2D eigenvalue weighted by atomic mass is 10.1. The van der Waals surface area contributed by atoms with E-state index in [1.807, 2.05) is 0 Å². The number of esters is 1. The third kappa shape index (κ3) is 13.2. The number of allylic oxidation sites excluding steroid dienone is 2. The number of ether oxygens (including phenoxy) is 1. The summed E-state index contributed by atoms with van der Waals surface area (Å²) in [5, 5.41) is 0. The van der Waals surface area contributed by atoms with Gasteiger partial charge in [0.05, 0.1) is 6.61 Å². The molecule has 0 aromatic carbocycles. The Labute approximate surface area is 93.7 Å². The molecule has 0 aliphatic rings. The van der Waals surface area contributed by atoms with Gasteiger partial charge in [-0.1, -0.05) is 38.3 Å². The molecule has 0 aliphatic heterocycles. The van der Waals surface area contributed by atoms with Gasteiger partial charge in [0.1, 0.15) is 0 Å². The topological polar surface area (TPSA) is 26.3 Å². The van der Waals surface area contributed by atoms with Gasteiger partial charge in [-0.25, -0.2) is 0 Å². The minimum atomic E-state index is -0.167. The number of unbranched alkanes of at least 4 members (excludes halogenated alkanes) is 5. The van der Waals surface area contributed by atoms with Crippen molar-refractivity contribution in [1.29, 1.82) is 0 Å². The molecule has 0 aromatic rings. The zero-order valence-electron chi connectivity index (χ0n) is 10.1. The molecule has 0 rings (SSSR count). The minimum Gasteiger partial charge on any atom is -0.466 e. The highest BCUT2D eigenvalue weighted by molar-refractivity contribution is 5.65. The highest BCUT2D eigenvalue weighted by atomic mass is 16.5. The van der Waals surface area contributed by atoms with Crippen molar-refractivity contribution in [2.75, 3.05) is 6.61 Å². The van der Waals surface area contributed by atoms with Crippen LogP contribution in [0.15, 0.2) is 12.2 Å². The van der Waals surface area contributed by atoms with Crippen molar-refractivity contribution in [3.05, 3.63) is 12.2 Å². The fraction of sp³-hybridized carbons (Fsp3) is 0.769. The van der Waals surface area contributed by atoms with Crippen molar-refractivity contribution >= 4 is 5.97 Å². The normalized spacial score (nSPS) is 10.8. The lowest BCUT2D eigenvalue weighted by molar-refractivity contribution is -0.141. The van der Waals surface area contributed by atoms with Gasteiger partial charge in [0.15, 0.2) is 0 Å². The molecule has 2 heteroatoms. The molecule has 0 bridgehead atoms. The molecule has 0 heterocycles. The first kappa shape index (κ1) is 14.2. The third-order valence-electron chi connectivity index (χ3n) is 2.22. The van der Waals surface area contributed by atoms with Gasteiger partial charge in [-0.3, -0.25) is 4.79 Å². The second kappa shape index (κ2) is 11.3. The van der Waals surface area contributed by atoms with Crippen LogP contribution in [0.1, 0.15) is 58.8 Å². The number of carbonyl (C=O) groups is 1. The highest BCUT2D eigenvalue weighted by Gasteiger charge is 1.93. The standard InChI is InChI=1S/C13H24O2/c1-3-4-5-6-7-8-9-10-11-12-15-13(2)14/h4-5H,3,6-12H2,1-2H3/b5-4-. The maximum absolute atomic E-state index is 10.4. The van der Waals surface area contributed by atoms with Crippen LogP contribution in [-0.4, -0.2) is 12.6 Å². The van der Waals surface area contributed by atoms with E-state index in [1.165, 1.54) is 39.0 Å². The smallest absolute Gasteiger partial charge is 0.302 e. The van der Waals surface area contributed by atoms with Crippen LogP contribution in [0.5, 0.6) is 0 Å². The minimum absolute atomic E-state index is 0.167. The fourth-order valence-electron chi connectivity index (χ4n) is 1.39.